The van der Waals surface area contributed by atoms with Crippen LogP contribution in [0.3, 0.4) is 0 Å². The minimum Gasteiger partial charge on any atom is -0.493 e. The molecule has 0 bridgehead atoms. The lowest BCUT2D eigenvalue weighted by Gasteiger charge is -2.20. The van der Waals surface area contributed by atoms with Crippen molar-refractivity contribution in [3.63, 3.8) is 0 Å². The zero-order valence-corrected chi connectivity index (χ0v) is 15.8. The Kier molecular flexibility index (Phi) is 9.34. The molecule has 0 spiro atoms. The molecule has 0 atom stereocenters. The lowest BCUT2D eigenvalue weighted by atomic mass is 10.2. The molecule has 138 valence electrons. The third-order valence-corrected chi connectivity index (χ3v) is 3.64. The summed E-state index contributed by atoms with van der Waals surface area (Å²) >= 11 is 5.19. The van der Waals surface area contributed by atoms with E-state index in [0.29, 0.717) is 29.8 Å². The van der Waals surface area contributed by atoms with Gasteiger partial charge in [0.2, 0.25) is 0 Å². The van der Waals surface area contributed by atoms with Crippen molar-refractivity contribution in [3.8, 4) is 11.5 Å². The molecule has 8 heteroatoms. The van der Waals surface area contributed by atoms with Crippen LogP contribution in [0, 0.1) is 0 Å². The number of thiocarbonyl (C=S) groups is 1. The second-order valence-corrected chi connectivity index (χ2v) is 5.45. The number of carbonyl (C=O) groups excluding carboxylic acids is 1. The molecule has 0 aliphatic rings. The molecule has 0 unspecified atom stereocenters. The monoisotopic (exact) mass is 367 g/mol. The molecule has 2 N–H and O–H groups in total. The summed E-state index contributed by atoms with van der Waals surface area (Å²) in [5.41, 5.74) is 3.47. The van der Waals surface area contributed by atoms with Gasteiger partial charge in [0.25, 0.3) is 5.91 Å². The second-order valence-electron chi connectivity index (χ2n) is 5.06. The van der Waals surface area contributed by atoms with Crippen molar-refractivity contribution in [3.05, 3.63) is 29.8 Å². The van der Waals surface area contributed by atoms with Crippen LogP contribution in [0.25, 0.3) is 6.08 Å². The van der Waals surface area contributed by atoms with E-state index in [1.54, 1.807) is 46.6 Å². The predicted molar refractivity (Wildman–Crippen MR) is 102 cm³/mol. The molecule has 0 radical (unpaired) electrons. The first-order valence-corrected chi connectivity index (χ1v) is 8.13. The molecule has 0 heterocycles. The van der Waals surface area contributed by atoms with Gasteiger partial charge in [-0.2, -0.15) is 0 Å². The zero-order valence-electron chi connectivity index (χ0n) is 15.0. The average molecular weight is 367 g/mol. The number of methoxy groups -OCH3 is 3. The van der Waals surface area contributed by atoms with Crippen molar-refractivity contribution >= 4 is 29.3 Å². The molecule has 7 nitrogen and oxygen atoms in total. The van der Waals surface area contributed by atoms with Gasteiger partial charge >= 0.3 is 0 Å². The summed E-state index contributed by atoms with van der Waals surface area (Å²) in [4.78, 5) is 12.0. The number of nitrogens with one attached hydrogen (secondary N) is 2. The largest absolute Gasteiger partial charge is 0.493 e. The van der Waals surface area contributed by atoms with E-state index in [1.165, 1.54) is 11.1 Å². The first-order valence-electron chi connectivity index (χ1n) is 7.73. The Bertz CT molecular complexity index is 608. The van der Waals surface area contributed by atoms with Crippen molar-refractivity contribution in [2.24, 2.45) is 0 Å². The first kappa shape index (κ1) is 20.7. The number of hydrazine groups is 1. The van der Waals surface area contributed by atoms with Crippen molar-refractivity contribution in [1.29, 1.82) is 0 Å². The molecule has 0 saturated carbocycles. The number of carbonyl (C=O) groups is 1. The van der Waals surface area contributed by atoms with Gasteiger partial charge in [0, 0.05) is 33.4 Å². The fraction of sp³-hybridized carbons (Fsp3) is 0.412. The number of hydrogen-bond donors (Lipinski definition) is 2. The van der Waals surface area contributed by atoms with E-state index in [2.05, 4.69) is 10.7 Å². The van der Waals surface area contributed by atoms with Crippen molar-refractivity contribution in [2.75, 3.05) is 41.5 Å². The Balaban J connectivity index is 2.52. The Morgan fingerprint density at radius 2 is 1.96 bits per heavy atom. The van der Waals surface area contributed by atoms with Gasteiger partial charge in [0.1, 0.15) is 0 Å². The van der Waals surface area contributed by atoms with Crippen LogP contribution in [0.2, 0.25) is 0 Å². The SMILES string of the molecule is COCCCNC(=S)N(C)NC(=O)/C=C/c1ccc(OC)c(OC)c1. The van der Waals surface area contributed by atoms with Crippen LogP contribution in [-0.4, -0.2) is 57.6 Å². The summed E-state index contributed by atoms with van der Waals surface area (Å²) in [7, 11) is 6.46. The van der Waals surface area contributed by atoms with Crippen LogP contribution >= 0.6 is 12.2 Å². The van der Waals surface area contributed by atoms with Crippen LogP contribution in [0.15, 0.2) is 24.3 Å². The maximum atomic E-state index is 12.0. The molecule has 0 fully saturated rings. The van der Waals surface area contributed by atoms with Gasteiger partial charge in [-0.25, -0.2) is 0 Å². The number of rotatable bonds is 8. The Labute approximate surface area is 153 Å². The smallest absolute Gasteiger partial charge is 0.262 e. The van der Waals surface area contributed by atoms with Crippen molar-refractivity contribution in [1.82, 2.24) is 15.8 Å². The van der Waals surface area contributed by atoms with Crippen molar-refractivity contribution in [2.45, 2.75) is 6.42 Å². The number of nitrogens with zero attached hydrogens (tertiary/aromatic N) is 1. The van der Waals surface area contributed by atoms with E-state index in [1.807, 2.05) is 6.07 Å². The Morgan fingerprint density at radius 3 is 2.60 bits per heavy atom. The number of benzene rings is 1. The van der Waals surface area contributed by atoms with Gasteiger partial charge < -0.3 is 19.5 Å². The first-order chi connectivity index (χ1) is 12.0. The molecule has 0 aliphatic carbocycles. The van der Waals surface area contributed by atoms with Gasteiger partial charge in [-0.05, 0) is 42.4 Å². The highest BCUT2D eigenvalue weighted by Crippen LogP contribution is 2.27. The highest BCUT2D eigenvalue weighted by atomic mass is 32.1. The molecular formula is C17H25N3O4S. The van der Waals surface area contributed by atoms with E-state index in [0.717, 1.165) is 12.0 Å². The quantitative estimate of drug-likeness (QED) is 0.313. The molecule has 25 heavy (non-hydrogen) atoms. The molecule has 1 aromatic carbocycles. The third kappa shape index (κ3) is 7.40. The van der Waals surface area contributed by atoms with Gasteiger partial charge in [-0.1, -0.05) is 6.07 Å². The van der Waals surface area contributed by atoms with Crippen LogP contribution < -0.4 is 20.2 Å². The van der Waals surface area contributed by atoms with E-state index in [-0.39, 0.29) is 5.91 Å². The number of amides is 1. The third-order valence-electron chi connectivity index (χ3n) is 3.22. The highest BCUT2D eigenvalue weighted by Gasteiger charge is 2.06. The minimum atomic E-state index is -0.293. The van der Waals surface area contributed by atoms with Crippen LogP contribution in [0.5, 0.6) is 11.5 Å². The summed E-state index contributed by atoms with van der Waals surface area (Å²) in [6, 6.07) is 5.40. The fourth-order valence-corrected chi connectivity index (χ4v) is 2.06. The second kappa shape index (κ2) is 11.3. The van der Waals surface area contributed by atoms with E-state index < -0.39 is 0 Å². The standard InChI is InChI=1S/C17H25N3O4S/c1-20(17(25)18-10-5-11-22-2)19-16(21)9-7-13-6-8-14(23-3)15(12-13)24-4/h6-9,12H,5,10-11H2,1-4H3,(H,18,25)(H,19,21)/b9-7+. The summed E-state index contributed by atoms with van der Waals surface area (Å²) in [5.74, 6) is 0.940. The van der Waals surface area contributed by atoms with Gasteiger partial charge in [-0.3, -0.25) is 15.2 Å². The molecule has 1 amide bonds. The minimum absolute atomic E-state index is 0.293. The molecule has 1 rings (SSSR count). The summed E-state index contributed by atoms with van der Waals surface area (Å²) < 4.78 is 15.4. The number of ether oxygens (including phenoxy) is 3. The average Bonchev–Trinajstić information content (AvgIpc) is 2.62. The van der Waals surface area contributed by atoms with Crippen LogP contribution in [-0.2, 0) is 9.53 Å². The lowest BCUT2D eigenvalue weighted by molar-refractivity contribution is -0.119. The van der Waals surface area contributed by atoms with Crippen LogP contribution in [0.1, 0.15) is 12.0 Å². The van der Waals surface area contributed by atoms with Gasteiger partial charge in [0.05, 0.1) is 14.2 Å². The van der Waals surface area contributed by atoms with E-state index in [9.17, 15) is 4.79 Å². The molecular weight excluding hydrogens is 342 g/mol. The van der Waals surface area contributed by atoms with E-state index in [4.69, 9.17) is 26.4 Å². The molecule has 0 aliphatic heterocycles. The predicted octanol–water partition coefficient (Wildman–Crippen LogP) is 1.59. The maximum absolute atomic E-state index is 12.0. The van der Waals surface area contributed by atoms with Crippen molar-refractivity contribution < 1.29 is 19.0 Å². The van der Waals surface area contributed by atoms with Gasteiger partial charge in [0.15, 0.2) is 16.6 Å². The highest BCUT2D eigenvalue weighted by molar-refractivity contribution is 7.80. The van der Waals surface area contributed by atoms with Gasteiger partial charge in [-0.15, -0.1) is 0 Å². The molecule has 1 aromatic rings. The van der Waals surface area contributed by atoms with E-state index >= 15 is 0 Å². The molecule has 0 saturated heterocycles. The maximum Gasteiger partial charge on any atom is 0.262 e. The zero-order chi connectivity index (χ0) is 18.7. The lowest BCUT2D eigenvalue weighted by Crippen LogP contribution is -2.47. The fourth-order valence-electron chi connectivity index (χ4n) is 1.91. The summed E-state index contributed by atoms with van der Waals surface area (Å²) in [6.45, 7) is 1.33. The Morgan fingerprint density at radius 1 is 1.24 bits per heavy atom. The molecule has 0 aromatic heterocycles. The Hall–Kier alpha value is -2.32. The summed E-state index contributed by atoms with van der Waals surface area (Å²) in [5, 5.41) is 4.93. The normalized spacial score (nSPS) is 10.4. The summed E-state index contributed by atoms with van der Waals surface area (Å²) in [6.07, 6.45) is 3.93. The number of hydrogen-bond acceptors (Lipinski definition) is 5. The van der Waals surface area contributed by atoms with Crippen LogP contribution in [0.4, 0.5) is 0 Å². The topological polar surface area (TPSA) is 72.1 Å².